The van der Waals surface area contributed by atoms with Crippen LogP contribution in [-0.2, 0) is 4.74 Å². The van der Waals surface area contributed by atoms with E-state index in [1.165, 1.54) is 0 Å². The van der Waals surface area contributed by atoms with Crippen molar-refractivity contribution in [3.05, 3.63) is 12.7 Å². The first-order valence-electron chi connectivity index (χ1n) is 4.01. The molecule has 2 heteroatoms. The zero-order chi connectivity index (χ0) is 8.74. The minimum atomic E-state index is 0.206. The van der Waals surface area contributed by atoms with E-state index in [9.17, 15) is 0 Å². The normalized spacial score (nSPS) is 11.5. The van der Waals surface area contributed by atoms with Crippen LogP contribution in [0.15, 0.2) is 12.7 Å². The molecule has 0 saturated heterocycles. The zero-order valence-electron chi connectivity index (χ0n) is 7.60. The molecule has 0 rings (SSSR count). The highest BCUT2D eigenvalue weighted by molar-refractivity contribution is 4.70. The highest BCUT2D eigenvalue weighted by Gasteiger charge is 2.16. The predicted molar refractivity (Wildman–Crippen MR) is 48.5 cm³/mol. The molecule has 0 heterocycles. The first kappa shape index (κ1) is 10.7. The highest BCUT2D eigenvalue weighted by Crippen LogP contribution is 2.19. The van der Waals surface area contributed by atoms with Crippen LogP contribution in [0, 0.1) is 5.41 Å². The Morgan fingerprint density at radius 2 is 2.18 bits per heavy atom. The van der Waals surface area contributed by atoms with Crippen LogP contribution in [0.3, 0.4) is 0 Å². The van der Waals surface area contributed by atoms with Gasteiger partial charge in [-0.3, -0.25) is 0 Å². The van der Waals surface area contributed by atoms with Crippen LogP contribution >= 0.6 is 0 Å². The van der Waals surface area contributed by atoms with Crippen LogP contribution in [0.2, 0.25) is 0 Å². The average molecular weight is 157 g/mol. The van der Waals surface area contributed by atoms with Gasteiger partial charge >= 0.3 is 0 Å². The summed E-state index contributed by atoms with van der Waals surface area (Å²) < 4.78 is 5.33. The summed E-state index contributed by atoms with van der Waals surface area (Å²) in [7, 11) is 0. The summed E-state index contributed by atoms with van der Waals surface area (Å²) in [6.07, 6.45) is 2.77. The van der Waals surface area contributed by atoms with Crippen molar-refractivity contribution in [2.45, 2.75) is 20.3 Å². The van der Waals surface area contributed by atoms with Crippen LogP contribution in [-0.4, -0.2) is 19.8 Å². The van der Waals surface area contributed by atoms with Gasteiger partial charge in [-0.05, 0) is 18.4 Å². The second-order valence-corrected chi connectivity index (χ2v) is 3.51. The van der Waals surface area contributed by atoms with Crippen molar-refractivity contribution in [1.29, 1.82) is 0 Å². The van der Waals surface area contributed by atoms with Crippen molar-refractivity contribution in [2.75, 3.05) is 19.8 Å². The fraction of sp³-hybridized carbons (Fsp3) is 0.778. The van der Waals surface area contributed by atoms with Crippen molar-refractivity contribution >= 4 is 0 Å². The van der Waals surface area contributed by atoms with E-state index >= 15 is 0 Å². The van der Waals surface area contributed by atoms with E-state index in [1.807, 2.05) is 0 Å². The highest BCUT2D eigenvalue weighted by atomic mass is 16.5. The number of hydrogen-bond donors (Lipinski definition) is 1. The van der Waals surface area contributed by atoms with Gasteiger partial charge < -0.3 is 10.5 Å². The lowest BCUT2D eigenvalue weighted by molar-refractivity contribution is 0.0771. The SMILES string of the molecule is C=CCOCC(C)(C)CCN. The third kappa shape index (κ3) is 6.07. The maximum atomic E-state index is 5.44. The minimum absolute atomic E-state index is 0.206. The van der Waals surface area contributed by atoms with Gasteiger partial charge in [-0.15, -0.1) is 6.58 Å². The molecule has 0 aliphatic rings. The van der Waals surface area contributed by atoms with E-state index in [-0.39, 0.29) is 5.41 Å². The van der Waals surface area contributed by atoms with E-state index in [2.05, 4.69) is 20.4 Å². The predicted octanol–water partition coefficient (Wildman–Crippen LogP) is 1.56. The van der Waals surface area contributed by atoms with Crippen molar-refractivity contribution < 1.29 is 4.74 Å². The molecule has 0 aromatic carbocycles. The second-order valence-electron chi connectivity index (χ2n) is 3.51. The molecule has 0 spiro atoms. The quantitative estimate of drug-likeness (QED) is 0.469. The van der Waals surface area contributed by atoms with Crippen LogP contribution < -0.4 is 5.73 Å². The van der Waals surface area contributed by atoms with E-state index < -0.39 is 0 Å². The van der Waals surface area contributed by atoms with Crippen LogP contribution in [0.25, 0.3) is 0 Å². The molecule has 0 amide bonds. The molecular formula is C9H19NO. The molecule has 2 nitrogen and oxygen atoms in total. The third-order valence-corrected chi connectivity index (χ3v) is 1.55. The lowest BCUT2D eigenvalue weighted by Gasteiger charge is -2.22. The van der Waals surface area contributed by atoms with Crippen LogP contribution in [0.4, 0.5) is 0 Å². The Hall–Kier alpha value is -0.340. The second kappa shape index (κ2) is 5.33. The van der Waals surface area contributed by atoms with Gasteiger partial charge in [0.2, 0.25) is 0 Å². The Balaban J connectivity index is 3.45. The van der Waals surface area contributed by atoms with Gasteiger partial charge in [0.1, 0.15) is 0 Å². The third-order valence-electron chi connectivity index (χ3n) is 1.55. The Morgan fingerprint density at radius 3 is 2.64 bits per heavy atom. The molecular weight excluding hydrogens is 138 g/mol. The molecule has 2 N–H and O–H groups in total. The van der Waals surface area contributed by atoms with E-state index in [0.29, 0.717) is 6.61 Å². The molecule has 66 valence electrons. The minimum Gasteiger partial charge on any atom is -0.377 e. The van der Waals surface area contributed by atoms with Crippen LogP contribution in [0.1, 0.15) is 20.3 Å². The fourth-order valence-corrected chi connectivity index (χ4v) is 0.881. The smallest absolute Gasteiger partial charge is 0.0645 e. The molecule has 0 saturated carbocycles. The Kier molecular flexibility index (Phi) is 5.16. The summed E-state index contributed by atoms with van der Waals surface area (Å²) in [4.78, 5) is 0. The Bertz CT molecular complexity index is 110. The number of nitrogens with two attached hydrogens (primary N) is 1. The van der Waals surface area contributed by atoms with Gasteiger partial charge in [0.15, 0.2) is 0 Å². The summed E-state index contributed by atoms with van der Waals surface area (Å²) >= 11 is 0. The molecule has 0 aliphatic heterocycles. The monoisotopic (exact) mass is 157 g/mol. The maximum absolute atomic E-state index is 5.44. The van der Waals surface area contributed by atoms with Gasteiger partial charge in [-0.1, -0.05) is 19.9 Å². The molecule has 0 radical (unpaired) electrons. The topological polar surface area (TPSA) is 35.2 Å². The largest absolute Gasteiger partial charge is 0.377 e. The average Bonchev–Trinajstić information content (AvgIpc) is 1.87. The molecule has 0 atom stereocenters. The number of hydrogen-bond acceptors (Lipinski definition) is 2. The summed E-state index contributed by atoms with van der Waals surface area (Å²) in [5.74, 6) is 0. The molecule has 0 fully saturated rings. The van der Waals surface area contributed by atoms with Crippen molar-refractivity contribution in [3.8, 4) is 0 Å². The van der Waals surface area contributed by atoms with Gasteiger partial charge in [0, 0.05) is 0 Å². The van der Waals surface area contributed by atoms with Gasteiger partial charge in [0.25, 0.3) is 0 Å². The molecule has 0 unspecified atom stereocenters. The molecule has 0 aromatic rings. The van der Waals surface area contributed by atoms with Gasteiger partial charge in [0.05, 0.1) is 13.2 Å². The number of ether oxygens (including phenoxy) is 1. The standard InChI is InChI=1S/C9H19NO/c1-4-7-11-8-9(2,3)5-6-10/h4H,1,5-8,10H2,2-3H3. The molecule has 0 bridgehead atoms. The van der Waals surface area contributed by atoms with Crippen LogP contribution in [0.5, 0.6) is 0 Å². The Labute approximate surface area is 69.4 Å². The first-order chi connectivity index (χ1) is 5.12. The zero-order valence-corrected chi connectivity index (χ0v) is 7.60. The van der Waals surface area contributed by atoms with Crippen molar-refractivity contribution in [3.63, 3.8) is 0 Å². The first-order valence-corrected chi connectivity index (χ1v) is 4.01. The number of rotatable bonds is 6. The lowest BCUT2D eigenvalue weighted by Crippen LogP contribution is -2.23. The Morgan fingerprint density at radius 1 is 1.55 bits per heavy atom. The van der Waals surface area contributed by atoms with Gasteiger partial charge in [-0.2, -0.15) is 0 Å². The summed E-state index contributed by atoms with van der Waals surface area (Å²) in [6, 6.07) is 0. The summed E-state index contributed by atoms with van der Waals surface area (Å²) in [5.41, 5.74) is 5.65. The van der Waals surface area contributed by atoms with Crippen molar-refractivity contribution in [2.24, 2.45) is 11.1 Å². The maximum Gasteiger partial charge on any atom is 0.0645 e. The van der Waals surface area contributed by atoms with E-state index in [1.54, 1.807) is 6.08 Å². The molecule has 0 aromatic heterocycles. The van der Waals surface area contributed by atoms with E-state index in [4.69, 9.17) is 10.5 Å². The fourth-order valence-electron chi connectivity index (χ4n) is 0.881. The summed E-state index contributed by atoms with van der Waals surface area (Å²) in [6.45, 7) is 10.0. The van der Waals surface area contributed by atoms with E-state index in [0.717, 1.165) is 19.6 Å². The summed E-state index contributed by atoms with van der Waals surface area (Å²) in [5, 5.41) is 0. The molecule has 11 heavy (non-hydrogen) atoms. The van der Waals surface area contributed by atoms with Crippen molar-refractivity contribution in [1.82, 2.24) is 0 Å². The lowest BCUT2D eigenvalue weighted by atomic mass is 9.91. The van der Waals surface area contributed by atoms with Gasteiger partial charge in [-0.25, -0.2) is 0 Å². The molecule has 0 aliphatic carbocycles.